The van der Waals surface area contributed by atoms with Gasteiger partial charge in [0.2, 0.25) is 0 Å². The van der Waals surface area contributed by atoms with E-state index in [2.05, 4.69) is 42.3 Å². The first-order valence-electron chi connectivity index (χ1n) is 8.37. The number of piperazine rings is 1. The molecule has 2 rings (SSSR count). The summed E-state index contributed by atoms with van der Waals surface area (Å²) in [5, 5.41) is 0. The zero-order chi connectivity index (χ0) is 15.5. The Morgan fingerprint density at radius 1 is 1.19 bits per heavy atom. The van der Waals surface area contributed by atoms with E-state index in [1.165, 1.54) is 13.0 Å². The Kier molecular flexibility index (Phi) is 5.29. The van der Waals surface area contributed by atoms with Crippen LogP contribution in [0.15, 0.2) is 0 Å². The van der Waals surface area contributed by atoms with Crippen molar-refractivity contribution in [3.63, 3.8) is 0 Å². The second-order valence-corrected chi connectivity index (χ2v) is 7.64. The summed E-state index contributed by atoms with van der Waals surface area (Å²) in [5.41, 5.74) is -0.497. The van der Waals surface area contributed by atoms with Crippen LogP contribution in [0.2, 0.25) is 0 Å². The molecule has 2 saturated heterocycles. The number of rotatable bonds is 4. The van der Waals surface area contributed by atoms with Crippen molar-refractivity contribution < 1.29 is 4.74 Å². The van der Waals surface area contributed by atoms with Crippen LogP contribution in [0.4, 0.5) is 0 Å². The van der Waals surface area contributed by atoms with E-state index in [0.29, 0.717) is 6.61 Å². The highest BCUT2D eigenvalue weighted by molar-refractivity contribution is 5.05. The SMILES string of the molecule is [C-]#[N+]C1(N2CCN(CCC(C)C)CC2)CCOC(C)(C)C1. The van der Waals surface area contributed by atoms with Gasteiger partial charge in [0, 0.05) is 26.2 Å². The topological polar surface area (TPSA) is 20.1 Å². The summed E-state index contributed by atoms with van der Waals surface area (Å²) >= 11 is 0. The maximum absolute atomic E-state index is 7.76. The quantitative estimate of drug-likeness (QED) is 0.743. The predicted octanol–water partition coefficient (Wildman–Crippen LogP) is 2.85. The van der Waals surface area contributed by atoms with Gasteiger partial charge in [-0.15, -0.1) is 0 Å². The van der Waals surface area contributed by atoms with E-state index in [1.807, 2.05) is 0 Å². The molecule has 0 bridgehead atoms. The second kappa shape index (κ2) is 6.64. The van der Waals surface area contributed by atoms with Crippen LogP contribution >= 0.6 is 0 Å². The van der Waals surface area contributed by atoms with Crippen molar-refractivity contribution in [2.75, 3.05) is 39.3 Å². The van der Waals surface area contributed by atoms with Crippen molar-refractivity contribution in [2.45, 2.75) is 58.2 Å². The normalized spacial score (nSPS) is 31.2. The van der Waals surface area contributed by atoms with Gasteiger partial charge in [0.05, 0.1) is 25.0 Å². The maximum atomic E-state index is 7.76. The molecule has 2 aliphatic heterocycles. The minimum atomic E-state index is -0.327. The van der Waals surface area contributed by atoms with Crippen molar-refractivity contribution in [2.24, 2.45) is 5.92 Å². The summed E-state index contributed by atoms with van der Waals surface area (Å²) in [6.45, 7) is 22.7. The van der Waals surface area contributed by atoms with E-state index in [0.717, 1.165) is 44.9 Å². The van der Waals surface area contributed by atoms with Crippen LogP contribution in [0.25, 0.3) is 4.85 Å². The second-order valence-electron chi connectivity index (χ2n) is 7.64. The fourth-order valence-electron chi connectivity index (χ4n) is 3.58. The van der Waals surface area contributed by atoms with Gasteiger partial charge in [-0.1, -0.05) is 13.8 Å². The van der Waals surface area contributed by atoms with Crippen LogP contribution in [0.5, 0.6) is 0 Å². The van der Waals surface area contributed by atoms with Crippen LogP contribution in [0, 0.1) is 12.5 Å². The monoisotopic (exact) mass is 293 g/mol. The molecule has 0 aromatic rings. The first kappa shape index (κ1) is 16.7. The lowest BCUT2D eigenvalue weighted by Gasteiger charge is -2.45. The summed E-state index contributed by atoms with van der Waals surface area (Å²) in [6, 6.07) is 0. The predicted molar refractivity (Wildman–Crippen MR) is 86.1 cm³/mol. The lowest BCUT2D eigenvalue weighted by molar-refractivity contribution is -0.112. The molecule has 1 atom stereocenters. The molecule has 0 spiro atoms. The molecule has 0 aliphatic carbocycles. The minimum absolute atomic E-state index is 0.169. The molecule has 120 valence electrons. The molecule has 0 aromatic carbocycles. The van der Waals surface area contributed by atoms with Crippen LogP contribution in [0.1, 0.15) is 47.0 Å². The average Bonchev–Trinajstić information content (AvgIpc) is 2.44. The van der Waals surface area contributed by atoms with Gasteiger partial charge >= 0.3 is 0 Å². The lowest BCUT2D eigenvalue weighted by Crippen LogP contribution is -2.60. The van der Waals surface area contributed by atoms with E-state index in [-0.39, 0.29) is 11.3 Å². The van der Waals surface area contributed by atoms with Crippen LogP contribution < -0.4 is 0 Å². The lowest BCUT2D eigenvalue weighted by atomic mass is 9.87. The van der Waals surface area contributed by atoms with E-state index in [4.69, 9.17) is 11.3 Å². The third kappa shape index (κ3) is 4.18. The Labute approximate surface area is 130 Å². The Morgan fingerprint density at radius 3 is 2.38 bits per heavy atom. The van der Waals surface area contributed by atoms with Crippen LogP contribution in [-0.2, 0) is 4.74 Å². The minimum Gasteiger partial charge on any atom is -0.375 e. The fraction of sp³-hybridized carbons (Fsp3) is 0.941. The van der Waals surface area contributed by atoms with Crippen molar-refractivity contribution in [3.8, 4) is 0 Å². The maximum Gasteiger partial charge on any atom is 0.293 e. The van der Waals surface area contributed by atoms with E-state index >= 15 is 0 Å². The molecule has 2 aliphatic rings. The summed E-state index contributed by atoms with van der Waals surface area (Å²) in [4.78, 5) is 9.06. The first-order valence-corrected chi connectivity index (χ1v) is 8.37. The Bertz CT molecular complexity index is 380. The number of hydrogen-bond donors (Lipinski definition) is 0. The molecular formula is C17H31N3O. The fourth-order valence-corrected chi connectivity index (χ4v) is 3.58. The highest BCUT2D eigenvalue weighted by Gasteiger charge is 2.51. The molecule has 0 radical (unpaired) electrons. The zero-order valence-corrected chi connectivity index (χ0v) is 14.2. The molecule has 1 unspecified atom stereocenters. The highest BCUT2D eigenvalue weighted by Crippen LogP contribution is 2.38. The smallest absolute Gasteiger partial charge is 0.293 e. The Hall–Kier alpha value is -0.630. The summed E-state index contributed by atoms with van der Waals surface area (Å²) in [7, 11) is 0. The van der Waals surface area contributed by atoms with Crippen molar-refractivity contribution in [1.29, 1.82) is 0 Å². The van der Waals surface area contributed by atoms with Gasteiger partial charge in [-0.25, -0.2) is 11.5 Å². The molecule has 0 N–H and O–H groups in total. The van der Waals surface area contributed by atoms with Gasteiger partial charge in [0.1, 0.15) is 0 Å². The van der Waals surface area contributed by atoms with Crippen LogP contribution in [-0.4, -0.2) is 60.4 Å². The molecular weight excluding hydrogens is 262 g/mol. The Balaban J connectivity index is 1.92. The third-order valence-corrected chi connectivity index (χ3v) is 4.90. The van der Waals surface area contributed by atoms with Crippen molar-refractivity contribution in [3.05, 3.63) is 11.4 Å². The summed E-state index contributed by atoms with van der Waals surface area (Å²) in [5.74, 6) is 0.772. The number of nitrogens with zero attached hydrogens (tertiary/aromatic N) is 3. The molecule has 0 amide bonds. The van der Waals surface area contributed by atoms with Gasteiger partial charge in [-0.3, -0.25) is 4.85 Å². The molecule has 0 saturated carbocycles. The summed E-state index contributed by atoms with van der Waals surface area (Å²) < 4.78 is 5.82. The van der Waals surface area contributed by atoms with Crippen LogP contribution in [0.3, 0.4) is 0 Å². The van der Waals surface area contributed by atoms with Gasteiger partial charge in [0.25, 0.3) is 5.66 Å². The van der Waals surface area contributed by atoms with E-state index in [9.17, 15) is 0 Å². The molecule has 21 heavy (non-hydrogen) atoms. The van der Waals surface area contributed by atoms with Crippen molar-refractivity contribution >= 4 is 0 Å². The summed E-state index contributed by atoms with van der Waals surface area (Å²) in [6.07, 6.45) is 2.95. The highest BCUT2D eigenvalue weighted by atomic mass is 16.5. The van der Waals surface area contributed by atoms with Crippen molar-refractivity contribution in [1.82, 2.24) is 9.80 Å². The molecule has 4 heteroatoms. The zero-order valence-electron chi connectivity index (χ0n) is 14.2. The molecule has 2 fully saturated rings. The number of ether oxygens (including phenoxy) is 1. The average molecular weight is 293 g/mol. The molecule has 2 heterocycles. The molecule has 4 nitrogen and oxygen atoms in total. The van der Waals surface area contributed by atoms with Gasteiger partial charge in [0.15, 0.2) is 0 Å². The molecule has 0 aromatic heterocycles. The number of hydrogen-bond acceptors (Lipinski definition) is 3. The van der Waals surface area contributed by atoms with Gasteiger partial charge in [-0.2, -0.15) is 0 Å². The van der Waals surface area contributed by atoms with E-state index in [1.54, 1.807) is 0 Å². The van der Waals surface area contributed by atoms with E-state index < -0.39 is 0 Å². The first-order chi connectivity index (χ1) is 9.87. The Morgan fingerprint density at radius 2 is 1.86 bits per heavy atom. The standard InChI is InChI=1S/C17H31N3O/c1-15(2)6-8-19-9-11-20(12-10-19)17(18-5)7-13-21-16(3,4)14-17/h15H,6-14H2,1-4H3. The van der Waals surface area contributed by atoms with Gasteiger partial charge < -0.3 is 9.64 Å². The third-order valence-electron chi connectivity index (χ3n) is 4.90. The largest absolute Gasteiger partial charge is 0.375 e. The van der Waals surface area contributed by atoms with Gasteiger partial charge in [-0.05, 0) is 32.7 Å².